The number of carbonyl (C=O) groups excluding carboxylic acids is 1. The van der Waals surface area contributed by atoms with Crippen molar-refractivity contribution in [2.45, 2.75) is 19.9 Å². The third-order valence-corrected chi connectivity index (χ3v) is 0.790. The highest BCUT2D eigenvalue weighted by Gasteiger charge is 2.09. The van der Waals surface area contributed by atoms with Crippen molar-refractivity contribution in [2.75, 3.05) is 0 Å². The van der Waals surface area contributed by atoms with Crippen LogP contribution in [0.2, 0.25) is 0 Å². The van der Waals surface area contributed by atoms with E-state index >= 15 is 0 Å². The van der Waals surface area contributed by atoms with E-state index in [0.29, 0.717) is 0 Å². The van der Waals surface area contributed by atoms with Gasteiger partial charge in [0.1, 0.15) is 6.04 Å². The molecule has 0 aliphatic heterocycles. The first kappa shape index (κ1) is 7.94. The van der Waals surface area contributed by atoms with Crippen LogP contribution in [0.5, 0.6) is 0 Å². The zero-order chi connectivity index (χ0) is 7.44. The van der Waals surface area contributed by atoms with E-state index in [1.54, 1.807) is 0 Å². The molecule has 0 unspecified atom stereocenters. The summed E-state index contributed by atoms with van der Waals surface area (Å²) in [5.41, 5.74) is 0. The monoisotopic (exact) mass is 132 g/mol. The summed E-state index contributed by atoms with van der Waals surface area (Å²) in [5.74, 6) is -1.35. The van der Waals surface area contributed by atoms with Gasteiger partial charge in [0.05, 0.1) is 0 Å². The summed E-state index contributed by atoms with van der Waals surface area (Å²) in [6.07, 6.45) is 0. The Bertz CT molecular complexity index is 132. The van der Waals surface area contributed by atoms with Crippen molar-refractivity contribution in [3.05, 3.63) is 0 Å². The summed E-state index contributed by atoms with van der Waals surface area (Å²) in [6, 6.07) is -0.789. The predicted molar refractivity (Wildman–Crippen MR) is 30.9 cm³/mol. The van der Waals surface area contributed by atoms with E-state index in [-0.39, 0.29) is 5.91 Å². The molecule has 0 aliphatic rings. The minimum absolute atomic E-state index is 0.329. The maximum atomic E-state index is 10.2. The van der Waals surface area contributed by atoms with Crippen LogP contribution in [0, 0.1) is 0 Å². The van der Waals surface area contributed by atoms with Crippen molar-refractivity contribution < 1.29 is 14.7 Å². The largest absolute Gasteiger partial charge is 0.480 e. The maximum Gasteiger partial charge on any atom is 0.325 e. The molecule has 0 radical (unpaired) electrons. The van der Waals surface area contributed by atoms with Gasteiger partial charge in [-0.25, -0.2) is 0 Å². The number of carboxylic acids is 1. The first-order chi connectivity index (χ1) is 4.04. The Balaban J connectivity index is 3.63. The summed E-state index contributed by atoms with van der Waals surface area (Å²) in [5, 5.41) is 10.4. The molecule has 1 atom stereocenters. The van der Waals surface area contributed by atoms with Crippen molar-refractivity contribution in [3.63, 3.8) is 0 Å². The number of aliphatic carboxylic acids is 1. The standard InChI is InChI=1S/C5H9NO3/c1-3(5(8)9)6-4(2)7/h3H,1-2H3,(H,6,7)(H,8,9)/t3-/m0/s1/i6+1. The lowest BCUT2D eigenvalue weighted by molar-refractivity contribution is -0.140. The molecule has 9 heavy (non-hydrogen) atoms. The molecule has 1 amide bonds. The molecule has 0 spiro atoms. The molecule has 4 nitrogen and oxygen atoms in total. The van der Waals surface area contributed by atoms with Gasteiger partial charge in [0.15, 0.2) is 0 Å². The number of hydrogen-bond donors (Lipinski definition) is 2. The average Bonchev–Trinajstić information content (AvgIpc) is 1.63. The van der Waals surface area contributed by atoms with Crippen molar-refractivity contribution >= 4 is 11.9 Å². The molecule has 52 valence electrons. The zero-order valence-corrected chi connectivity index (χ0v) is 5.34. The van der Waals surface area contributed by atoms with Gasteiger partial charge in [0.2, 0.25) is 5.91 Å². The van der Waals surface area contributed by atoms with E-state index in [0.717, 1.165) is 0 Å². The fourth-order valence-electron chi connectivity index (χ4n) is 0.367. The lowest BCUT2D eigenvalue weighted by atomic mass is 10.4. The number of carboxylic acid groups (broad SMARTS) is 1. The Morgan fingerprint density at radius 2 is 2.00 bits per heavy atom. The first-order valence-corrected chi connectivity index (χ1v) is 2.54. The summed E-state index contributed by atoms with van der Waals surface area (Å²) in [4.78, 5) is 20.2. The molecule has 2 N–H and O–H groups in total. The second-order valence-corrected chi connectivity index (χ2v) is 1.76. The Morgan fingerprint density at radius 1 is 1.56 bits per heavy atom. The second-order valence-electron chi connectivity index (χ2n) is 1.76. The van der Waals surface area contributed by atoms with Gasteiger partial charge >= 0.3 is 5.97 Å². The van der Waals surface area contributed by atoms with Crippen LogP contribution in [0.1, 0.15) is 13.8 Å². The number of carbonyl (C=O) groups is 2. The molecule has 0 aromatic carbocycles. The number of rotatable bonds is 2. The maximum absolute atomic E-state index is 10.2. The van der Waals surface area contributed by atoms with Crippen molar-refractivity contribution in [2.24, 2.45) is 0 Å². The molecule has 0 heterocycles. The Morgan fingerprint density at radius 3 is 2.11 bits per heavy atom. The second kappa shape index (κ2) is 3.06. The third kappa shape index (κ3) is 3.52. The van der Waals surface area contributed by atoms with Crippen molar-refractivity contribution in [1.82, 2.24) is 5.32 Å². The number of hydrogen-bond acceptors (Lipinski definition) is 2. The Hall–Kier alpha value is -1.06. The van der Waals surface area contributed by atoms with Crippen molar-refractivity contribution in [1.29, 1.82) is 0 Å². The van der Waals surface area contributed by atoms with E-state index in [1.165, 1.54) is 13.8 Å². The fraction of sp³-hybridized carbons (Fsp3) is 0.600. The van der Waals surface area contributed by atoms with Crippen LogP contribution >= 0.6 is 0 Å². The van der Waals surface area contributed by atoms with Crippen LogP contribution in [0.4, 0.5) is 0 Å². The number of amides is 1. The minimum atomic E-state index is -1.02. The molecule has 4 heteroatoms. The first-order valence-electron chi connectivity index (χ1n) is 2.54. The smallest absolute Gasteiger partial charge is 0.325 e. The molecular weight excluding hydrogens is 123 g/mol. The number of nitrogens with one attached hydrogen (secondary N) is 1. The molecule has 0 bridgehead atoms. The summed E-state index contributed by atoms with van der Waals surface area (Å²) < 4.78 is 0. The highest BCUT2D eigenvalue weighted by Crippen LogP contribution is 1.78. The van der Waals surface area contributed by atoms with E-state index in [4.69, 9.17) is 5.11 Å². The molecule has 0 aromatic heterocycles. The van der Waals surface area contributed by atoms with E-state index < -0.39 is 12.0 Å². The highest BCUT2D eigenvalue weighted by atomic mass is 16.4. The van der Waals surface area contributed by atoms with Crippen LogP contribution in [0.15, 0.2) is 0 Å². The summed E-state index contributed by atoms with van der Waals surface area (Å²) in [6.45, 7) is 2.68. The van der Waals surface area contributed by atoms with Gasteiger partial charge in [-0.3, -0.25) is 9.59 Å². The molecule has 0 rings (SSSR count). The van der Waals surface area contributed by atoms with Gasteiger partial charge in [0.25, 0.3) is 0 Å². The van der Waals surface area contributed by atoms with Crippen LogP contribution in [-0.4, -0.2) is 23.0 Å². The van der Waals surface area contributed by atoms with Gasteiger partial charge in [-0.05, 0) is 6.92 Å². The molecule has 0 aromatic rings. The van der Waals surface area contributed by atoms with E-state index in [2.05, 4.69) is 5.32 Å². The lowest BCUT2D eigenvalue weighted by Gasteiger charge is -2.04. The zero-order valence-electron chi connectivity index (χ0n) is 5.34. The van der Waals surface area contributed by atoms with Crippen LogP contribution < -0.4 is 5.32 Å². The molecule has 0 fully saturated rings. The van der Waals surface area contributed by atoms with E-state index in [1.807, 2.05) is 0 Å². The Kier molecular flexibility index (Phi) is 2.70. The molecule has 0 saturated heterocycles. The Labute approximate surface area is 52.9 Å². The minimum Gasteiger partial charge on any atom is -0.480 e. The quantitative estimate of drug-likeness (QED) is 0.502. The van der Waals surface area contributed by atoms with Crippen LogP contribution in [0.3, 0.4) is 0 Å². The summed E-state index contributed by atoms with van der Waals surface area (Å²) >= 11 is 0. The van der Waals surface area contributed by atoms with Crippen LogP contribution in [-0.2, 0) is 9.59 Å². The van der Waals surface area contributed by atoms with Crippen LogP contribution in [0.25, 0.3) is 0 Å². The van der Waals surface area contributed by atoms with Crippen molar-refractivity contribution in [3.8, 4) is 0 Å². The fourth-order valence-corrected chi connectivity index (χ4v) is 0.367. The van der Waals surface area contributed by atoms with Gasteiger partial charge in [-0.15, -0.1) is 0 Å². The lowest BCUT2D eigenvalue weighted by Crippen LogP contribution is -2.36. The highest BCUT2D eigenvalue weighted by molar-refractivity contribution is 5.81. The molecule has 0 aliphatic carbocycles. The van der Waals surface area contributed by atoms with Gasteiger partial charge in [0, 0.05) is 6.92 Å². The predicted octanol–water partition coefficient (Wildman–Crippen LogP) is -0.404. The SMILES string of the molecule is CC(=O)[15NH][C@@H](C)C(=O)O. The van der Waals surface area contributed by atoms with Gasteiger partial charge < -0.3 is 10.4 Å². The molecular formula is C5H9NO3. The topological polar surface area (TPSA) is 66.4 Å². The van der Waals surface area contributed by atoms with E-state index in [9.17, 15) is 9.59 Å². The van der Waals surface area contributed by atoms with Gasteiger partial charge in [-0.1, -0.05) is 0 Å². The third-order valence-electron chi connectivity index (χ3n) is 0.790. The molecule has 0 saturated carbocycles. The summed E-state index contributed by atoms with van der Waals surface area (Å²) in [7, 11) is 0. The average molecular weight is 132 g/mol. The van der Waals surface area contributed by atoms with Gasteiger partial charge in [-0.2, -0.15) is 0 Å². The normalized spacial score (nSPS) is 12.2.